The number of anilines is 1. The van der Waals surface area contributed by atoms with Crippen LogP contribution in [-0.4, -0.2) is 51.1 Å². The minimum atomic E-state index is -1.67. The molecule has 0 aromatic heterocycles. The zero-order valence-electron chi connectivity index (χ0n) is 20.9. The fraction of sp³-hybridized carbons (Fsp3) is 0.222. The monoisotopic (exact) mass is 520 g/mol. The van der Waals surface area contributed by atoms with E-state index >= 15 is 0 Å². The van der Waals surface area contributed by atoms with Crippen LogP contribution in [-0.2, 0) is 19.8 Å². The van der Waals surface area contributed by atoms with E-state index in [-0.39, 0.29) is 57.3 Å². The number of nitrogens with one attached hydrogen (secondary N) is 2. The van der Waals surface area contributed by atoms with Crippen LogP contribution in [0, 0.1) is 6.92 Å². The number of ether oxygens (including phenoxy) is 1. The number of rotatable bonds is 6. The second kappa shape index (κ2) is 9.18. The summed E-state index contributed by atoms with van der Waals surface area (Å²) in [5.41, 5.74) is -1.89. The minimum absolute atomic E-state index is 0.0119. The Labute approximate surface area is 216 Å². The van der Waals surface area contributed by atoms with Gasteiger partial charge in [0.15, 0.2) is 17.3 Å². The Morgan fingerprint density at radius 2 is 1.76 bits per heavy atom. The Morgan fingerprint density at radius 3 is 2.39 bits per heavy atom. The van der Waals surface area contributed by atoms with E-state index in [0.717, 1.165) is 6.08 Å². The normalized spacial score (nSPS) is 19.1. The summed E-state index contributed by atoms with van der Waals surface area (Å²) in [6.07, 6.45) is 1.08. The number of phenolic OH excluding ortho intramolecular Hbond substituents is 2. The van der Waals surface area contributed by atoms with Crippen molar-refractivity contribution in [3.8, 4) is 17.2 Å². The molecule has 5 N–H and O–H groups in total. The molecule has 1 aliphatic carbocycles. The summed E-state index contributed by atoms with van der Waals surface area (Å²) in [5.74, 6) is -4.92. The number of ketones is 3. The lowest BCUT2D eigenvalue weighted by molar-refractivity contribution is -0.124. The van der Waals surface area contributed by atoms with E-state index in [9.17, 15) is 34.2 Å². The van der Waals surface area contributed by atoms with Crippen LogP contribution in [0.2, 0.25) is 0 Å². The molecule has 2 aromatic carbocycles. The number of aromatic carboxylic acids is 1. The van der Waals surface area contributed by atoms with Crippen molar-refractivity contribution in [1.82, 2.24) is 5.32 Å². The van der Waals surface area contributed by atoms with Gasteiger partial charge >= 0.3 is 5.97 Å². The average molecular weight is 520 g/mol. The molecule has 0 radical (unpaired) electrons. The van der Waals surface area contributed by atoms with Crippen molar-refractivity contribution in [1.29, 1.82) is 0 Å². The summed E-state index contributed by atoms with van der Waals surface area (Å²) >= 11 is 0. The zero-order chi connectivity index (χ0) is 28.1. The summed E-state index contributed by atoms with van der Waals surface area (Å²) < 4.78 is 5.71. The average Bonchev–Trinajstić information content (AvgIpc) is 3.14. The van der Waals surface area contributed by atoms with Crippen molar-refractivity contribution in [3.05, 3.63) is 69.6 Å². The van der Waals surface area contributed by atoms with Gasteiger partial charge in [-0.25, -0.2) is 4.79 Å². The van der Waals surface area contributed by atoms with E-state index in [0.29, 0.717) is 0 Å². The number of hydrogen-bond acceptors (Lipinski definition) is 9. The van der Waals surface area contributed by atoms with Gasteiger partial charge in [-0.15, -0.1) is 0 Å². The molecule has 38 heavy (non-hydrogen) atoms. The van der Waals surface area contributed by atoms with E-state index in [2.05, 4.69) is 10.6 Å². The Balaban J connectivity index is 1.65. The Bertz CT molecular complexity index is 1530. The molecule has 0 fully saturated rings. The predicted molar refractivity (Wildman–Crippen MR) is 133 cm³/mol. The van der Waals surface area contributed by atoms with Gasteiger partial charge in [0.05, 0.1) is 23.2 Å². The van der Waals surface area contributed by atoms with Crippen molar-refractivity contribution < 1.29 is 44.0 Å². The number of hydrogen-bond donors (Lipinski definition) is 5. The molecule has 0 bridgehead atoms. The highest BCUT2D eigenvalue weighted by atomic mass is 16.5. The molecule has 2 aliphatic rings. The van der Waals surface area contributed by atoms with Crippen LogP contribution >= 0.6 is 0 Å². The van der Waals surface area contributed by atoms with Crippen LogP contribution < -0.4 is 15.4 Å². The third-order valence-electron chi connectivity index (χ3n) is 6.67. The summed E-state index contributed by atoms with van der Waals surface area (Å²) in [6, 6.07) is 5.64. The number of Topliss-reactive ketones (excluding diaryl/α,β-unsaturated/α-hetero) is 2. The molecule has 4 rings (SSSR count). The molecule has 0 saturated heterocycles. The molecule has 11 nitrogen and oxygen atoms in total. The molecule has 0 spiro atoms. The number of carboxylic acid groups (broad SMARTS) is 1. The maximum absolute atomic E-state index is 13.8. The topological polar surface area (TPSA) is 179 Å². The van der Waals surface area contributed by atoms with Crippen LogP contribution in [0.5, 0.6) is 17.2 Å². The number of fused-ring (bicyclic) bond motifs is 3. The van der Waals surface area contributed by atoms with Crippen molar-refractivity contribution in [2.24, 2.45) is 0 Å². The highest BCUT2D eigenvalue weighted by molar-refractivity contribution is 6.31. The number of amides is 1. The third-order valence-corrected chi connectivity index (χ3v) is 6.67. The Morgan fingerprint density at radius 1 is 1.08 bits per heavy atom. The molecule has 0 saturated carbocycles. The van der Waals surface area contributed by atoms with E-state index in [1.165, 1.54) is 52.0 Å². The van der Waals surface area contributed by atoms with Crippen molar-refractivity contribution in [3.63, 3.8) is 0 Å². The largest absolute Gasteiger partial charge is 0.507 e. The van der Waals surface area contributed by atoms with Crippen molar-refractivity contribution in [2.75, 3.05) is 11.9 Å². The van der Waals surface area contributed by atoms with E-state index in [1.807, 2.05) is 0 Å². The first-order valence-electron chi connectivity index (χ1n) is 11.5. The first-order chi connectivity index (χ1) is 17.8. The van der Waals surface area contributed by atoms with Crippen LogP contribution in [0.4, 0.5) is 5.69 Å². The molecular weight excluding hydrogens is 496 g/mol. The van der Waals surface area contributed by atoms with Crippen molar-refractivity contribution >= 4 is 34.9 Å². The number of carboxylic acids is 1. The van der Waals surface area contributed by atoms with Crippen LogP contribution in [0.25, 0.3) is 0 Å². The molecule has 2 aromatic rings. The van der Waals surface area contributed by atoms with E-state index in [1.54, 1.807) is 0 Å². The van der Waals surface area contributed by atoms with Crippen molar-refractivity contribution in [2.45, 2.75) is 33.1 Å². The Hall–Kier alpha value is -4.93. The fourth-order valence-corrected chi connectivity index (χ4v) is 4.60. The quantitative estimate of drug-likeness (QED) is 0.216. The van der Waals surface area contributed by atoms with E-state index in [4.69, 9.17) is 9.84 Å². The molecule has 1 aliphatic heterocycles. The third kappa shape index (κ3) is 3.97. The van der Waals surface area contributed by atoms with Gasteiger partial charge in [0.1, 0.15) is 34.0 Å². The lowest BCUT2D eigenvalue weighted by Gasteiger charge is -2.29. The second-order valence-electron chi connectivity index (χ2n) is 9.17. The molecule has 0 unspecified atom stereocenters. The summed E-state index contributed by atoms with van der Waals surface area (Å²) in [5, 5.41) is 35.7. The van der Waals surface area contributed by atoms with Gasteiger partial charge in [-0.3, -0.25) is 19.2 Å². The highest BCUT2D eigenvalue weighted by Gasteiger charge is 2.56. The number of benzene rings is 2. The van der Waals surface area contributed by atoms with Gasteiger partial charge < -0.3 is 30.7 Å². The van der Waals surface area contributed by atoms with Gasteiger partial charge in [0.25, 0.3) is 0 Å². The maximum atomic E-state index is 13.8. The molecule has 1 heterocycles. The number of aromatic hydroxyl groups is 2. The van der Waals surface area contributed by atoms with Gasteiger partial charge in [0.2, 0.25) is 5.91 Å². The number of carbonyl (C=O) groups excluding carboxylic acids is 4. The number of allylic oxidation sites excluding steroid dienone is 4. The fourth-order valence-electron chi connectivity index (χ4n) is 4.60. The maximum Gasteiger partial charge on any atom is 0.335 e. The number of phenols is 2. The first kappa shape index (κ1) is 26.1. The molecular formula is C27H24N2O9. The molecule has 1 amide bonds. The highest BCUT2D eigenvalue weighted by Crippen LogP contribution is 2.57. The van der Waals surface area contributed by atoms with E-state index < -0.39 is 46.1 Å². The second-order valence-corrected chi connectivity index (χ2v) is 9.17. The minimum Gasteiger partial charge on any atom is -0.507 e. The summed E-state index contributed by atoms with van der Waals surface area (Å²) in [7, 11) is 0. The molecule has 196 valence electrons. The SMILES string of the molecule is CC(=O)c1c(O)c(C)c(O)c2c1OC1=CC(=O)C(=C(C)NCC(=O)Nc3cccc(C(=O)O)c3)C(=O)[C@@]12C. The summed E-state index contributed by atoms with van der Waals surface area (Å²) in [6.45, 7) is 5.11. The Kier molecular flexibility index (Phi) is 6.32. The summed E-state index contributed by atoms with van der Waals surface area (Å²) in [4.78, 5) is 62.5. The van der Waals surface area contributed by atoms with Gasteiger partial charge in [0, 0.05) is 23.0 Å². The smallest absolute Gasteiger partial charge is 0.335 e. The number of carbonyl (C=O) groups is 5. The predicted octanol–water partition coefficient (Wildman–Crippen LogP) is 2.50. The first-order valence-corrected chi connectivity index (χ1v) is 11.5. The van der Waals surface area contributed by atoms with Crippen LogP contribution in [0.3, 0.4) is 0 Å². The lowest BCUT2D eigenvalue weighted by Crippen LogP contribution is -2.41. The van der Waals surface area contributed by atoms with Gasteiger partial charge in [-0.2, -0.15) is 0 Å². The van der Waals surface area contributed by atoms with Crippen LogP contribution in [0.15, 0.2) is 47.4 Å². The molecule has 1 atom stereocenters. The standard InChI is InChI=1S/C27H24N2O9/c1-11-22(33)20(13(3)30)24-21(23(11)34)27(4)17(38-24)9-16(31)19(25(27)35)12(2)28-10-18(32)29-15-7-5-6-14(8-15)26(36)37/h5-9,28,33-34H,10H2,1-4H3,(H,29,32)(H,36,37)/t27-/m0/s1. The molecule has 11 heteroatoms. The van der Waals surface area contributed by atoms with Gasteiger partial charge in [-0.05, 0) is 45.9 Å². The van der Waals surface area contributed by atoms with Crippen LogP contribution in [0.1, 0.15) is 52.6 Å². The zero-order valence-corrected chi connectivity index (χ0v) is 20.9. The lowest BCUT2D eigenvalue weighted by atomic mass is 9.70. The van der Waals surface area contributed by atoms with Gasteiger partial charge in [-0.1, -0.05) is 6.07 Å².